The molecule has 0 atom stereocenters. The van der Waals surface area contributed by atoms with Crippen LogP contribution >= 0.6 is 24.8 Å². The number of hydrogen-bond donors (Lipinski definition) is 2. The van der Waals surface area contributed by atoms with Crippen LogP contribution in [0.1, 0.15) is 5.56 Å². The third-order valence-corrected chi connectivity index (χ3v) is 2.14. The van der Waals surface area contributed by atoms with Gasteiger partial charge in [-0.25, -0.2) is 8.78 Å². The Hall–Kier alpha value is -0.420. The molecule has 0 saturated heterocycles. The first-order valence-corrected chi connectivity index (χ1v) is 4.43. The van der Waals surface area contributed by atoms with E-state index in [2.05, 4.69) is 0 Å². The van der Waals surface area contributed by atoms with Crippen molar-refractivity contribution < 1.29 is 8.78 Å². The lowest BCUT2D eigenvalue weighted by Crippen LogP contribution is -2.42. The molecule has 1 aromatic carbocycles. The summed E-state index contributed by atoms with van der Waals surface area (Å²) in [6, 6.07) is 5.80. The molecule has 0 unspecified atom stereocenters. The maximum absolute atomic E-state index is 13.7. The van der Waals surface area contributed by atoms with Crippen LogP contribution < -0.4 is 11.5 Å². The van der Waals surface area contributed by atoms with Crippen LogP contribution in [-0.4, -0.2) is 18.8 Å². The first-order chi connectivity index (χ1) is 6.59. The molecule has 94 valence electrons. The number of halogens is 4. The molecule has 0 aliphatic rings. The lowest BCUT2D eigenvalue weighted by molar-refractivity contribution is 0.184. The average Bonchev–Trinajstić information content (AvgIpc) is 2.18. The SMILES string of the molecule is Cl.Cl.NCC(F)(CN)Cc1cccc(F)c1. The second kappa shape index (κ2) is 7.79. The predicted octanol–water partition coefficient (Wildman–Crippen LogP) is 1.84. The second-order valence-corrected chi connectivity index (χ2v) is 3.37. The molecule has 0 spiro atoms. The molecule has 0 aliphatic carbocycles. The largest absolute Gasteiger partial charge is 0.327 e. The summed E-state index contributed by atoms with van der Waals surface area (Å²) in [4.78, 5) is 0. The van der Waals surface area contributed by atoms with Crippen LogP contribution in [0.15, 0.2) is 24.3 Å². The number of nitrogens with two attached hydrogens (primary N) is 2. The Kier molecular flexibility index (Phi) is 8.74. The molecular formula is C10H16Cl2F2N2. The Morgan fingerprint density at radius 3 is 2.12 bits per heavy atom. The van der Waals surface area contributed by atoms with Gasteiger partial charge >= 0.3 is 0 Å². The van der Waals surface area contributed by atoms with Crippen molar-refractivity contribution >= 4 is 24.8 Å². The first kappa shape index (κ1) is 18.0. The molecule has 0 aliphatic heterocycles. The van der Waals surface area contributed by atoms with Gasteiger partial charge < -0.3 is 11.5 Å². The first-order valence-electron chi connectivity index (χ1n) is 4.43. The van der Waals surface area contributed by atoms with Crippen molar-refractivity contribution in [2.75, 3.05) is 13.1 Å². The molecule has 0 heterocycles. The van der Waals surface area contributed by atoms with Crippen molar-refractivity contribution in [2.45, 2.75) is 12.1 Å². The van der Waals surface area contributed by atoms with Crippen molar-refractivity contribution in [1.29, 1.82) is 0 Å². The van der Waals surface area contributed by atoms with Gasteiger partial charge in [0.2, 0.25) is 0 Å². The molecule has 2 nitrogen and oxygen atoms in total. The van der Waals surface area contributed by atoms with Crippen molar-refractivity contribution in [2.24, 2.45) is 11.5 Å². The van der Waals surface area contributed by atoms with Crippen molar-refractivity contribution in [3.05, 3.63) is 35.6 Å². The summed E-state index contributed by atoms with van der Waals surface area (Å²) < 4.78 is 26.5. The number of hydrogen-bond acceptors (Lipinski definition) is 2. The fourth-order valence-electron chi connectivity index (χ4n) is 1.24. The molecule has 0 aromatic heterocycles. The van der Waals surface area contributed by atoms with Crippen LogP contribution in [0.5, 0.6) is 0 Å². The van der Waals surface area contributed by atoms with Gasteiger partial charge in [-0.2, -0.15) is 0 Å². The van der Waals surface area contributed by atoms with Crippen LogP contribution in [0.2, 0.25) is 0 Å². The van der Waals surface area contributed by atoms with E-state index in [9.17, 15) is 8.78 Å². The smallest absolute Gasteiger partial charge is 0.139 e. The van der Waals surface area contributed by atoms with Crippen LogP contribution in [0.4, 0.5) is 8.78 Å². The molecule has 1 aromatic rings. The fraction of sp³-hybridized carbons (Fsp3) is 0.400. The normalized spacial score (nSPS) is 10.2. The van der Waals surface area contributed by atoms with E-state index in [0.29, 0.717) is 5.56 Å². The van der Waals surface area contributed by atoms with Gasteiger partial charge in [0.05, 0.1) is 0 Å². The molecule has 1 rings (SSSR count). The highest BCUT2D eigenvalue weighted by Crippen LogP contribution is 2.16. The van der Waals surface area contributed by atoms with Gasteiger partial charge in [0.25, 0.3) is 0 Å². The summed E-state index contributed by atoms with van der Waals surface area (Å²) in [6.07, 6.45) is 0.0533. The monoisotopic (exact) mass is 272 g/mol. The van der Waals surface area contributed by atoms with E-state index >= 15 is 0 Å². The summed E-state index contributed by atoms with van der Waals surface area (Å²) >= 11 is 0. The molecule has 0 amide bonds. The van der Waals surface area contributed by atoms with Crippen LogP contribution in [0.3, 0.4) is 0 Å². The van der Waals surface area contributed by atoms with Gasteiger partial charge in [-0.15, -0.1) is 24.8 Å². The third kappa shape index (κ3) is 5.07. The van der Waals surface area contributed by atoms with E-state index in [0.717, 1.165) is 0 Å². The zero-order valence-corrected chi connectivity index (χ0v) is 10.3. The van der Waals surface area contributed by atoms with E-state index in [4.69, 9.17) is 11.5 Å². The molecule has 0 saturated carbocycles. The van der Waals surface area contributed by atoms with E-state index in [1.54, 1.807) is 6.07 Å². The second-order valence-electron chi connectivity index (χ2n) is 3.37. The highest BCUT2D eigenvalue weighted by molar-refractivity contribution is 5.85. The Morgan fingerprint density at radius 2 is 1.69 bits per heavy atom. The van der Waals surface area contributed by atoms with Crippen molar-refractivity contribution in [3.63, 3.8) is 0 Å². The number of rotatable bonds is 4. The summed E-state index contributed by atoms with van der Waals surface area (Å²) in [7, 11) is 0. The molecule has 4 N–H and O–H groups in total. The Morgan fingerprint density at radius 1 is 1.12 bits per heavy atom. The average molecular weight is 273 g/mol. The fourth-order valence-corrected chi connectivity index (χ4v) is 1.24. The molecule has 0 fully saturated rings. The number of benzene rings is 1. The van der Waals surface area contributed by atoms with Crippen molar-refractivity contribution in [1.82, 2.24) is 0 Å². The molecular weight excluding hydrogens is 257 g/mol. The van der Waals surface area contributed by atoms with Gasteiger partial charge in [-0.1, -0.05) is 12.1 Å². The molecule has 0 bridgehead atoms. The van der Waals surface area contributed by atoms with E-state index < -0.39 is 5.67 Å². The maximum atomic E-state index is 13.7. The zero-order valence-electron chi connectivity index (χ0n) is 8.66. The summed E-state index contributed by atoms with van der Waals surface area (Å²) in [5.74, 6) is -0.376. The summed E-state index contributed by atoms with van der Waals surface area (Å²) in [5.41, 5.74) is 9.45. The lowest BCUT2D eigenvalue weighted by atomic mass is 9.96. The quantitative estimate of drug-likeness (QED) is 0.879. The van der Waals surface area contributed by atoms with E-state index in [-0.39, 0.29) is 50.1 Å². The van der Waals surface area contributed by atoms with Gasteiger partial charge in [-0.3, -0.25) is 0 Å². The topological polar surface area (TPSA) is 52.0 Å². The van der Waals surface area contributed by atoms with Gasteiger partial charge in [0.15, 0.2) is 0 Å². The zero-order chi connectivity index (χ0) is 10.6. The van der Waals surface area contributed by atoms with Gasteiger partial charge in [0, 0.05) is 19.5 Å². The van der Waals surface area contributed by atoms with Crippen LogP contribution in [0, 0.1) is 5.82 Å². The number of alkyl halides is 1. The molecule has 0 radical (unpaired) electrons. The predicted molar refractivity (Wildman–Crippen MR) is 66.5 cm³/mol. The molecule has 6 heteroatoms. The summed E-state index contributed by atoms with van der Waals surface area (Å²) in [5, 5.41) is 0. The summed E-state index contributed by atoms with van der Waals surface area (Å²) in [6.45, 7) is -0.306. The molecule has 16 heavy (non-hydrogen) atoms. The highest BCUT2D eigenvalue weighted by atomic mass is 35.5. The van der Waals surface area contributed by atoms with Gasteiger partial charge in [0.1, 0.15) is 11.5 Å². The van der Waals surface area contributed by atoms with Crippen LogP contribution in [0.25, 0.3) is 0 Å². The highest BCUT2D eigenvalue weighted by Gasteiger charge is 2.26. The van der Waals surface area contributed by atoms with E-state index in [1.165, 1.54) is 18.2 Å². The minimum atomic E-state index is -1.63. The Balaban J connectivity index is 0. The standard InChI is InChI=1S/C10H14F2N2.2ClH/c11-9-3-1-2-8(4-9)5-10(12,6-13)7-14;;/h1-4H,5-7,13-14H2;2*1H. The van der Waals surface area contributed by atoms with E-state index in [1.807, 2.05) is 0 Å². The van der Waals surface area contributed by atoms with Crippen molar-refractivity contribution in [3.8, 4) is 0 Å². The Bertz CT molecular complexity index is 307. The van der Waals surface area contributed by atoms with Gasteiger partial charge in [-0.05, 0) is 17.7 Å². The minimum absolute atomic E-state index is 0. The third-order valence-electron chi connectivity index (χ3n) is 2.14. The maximum Gasteiger partial charge on any atom is 0.139 e. The van der Waals surface area contributed by atoms with Crippen LogP contribution in [-0.2, 0) is 6.42 Å². The Labute approximate surface area is 106 Å². The lowest BCUT2D eigenvalue weighted by Gasteiger charge is -2.21. The minimum Gasteiger partial charge on any atom is -0.327 e.